The van der Waals surface area contributed by atoms with Gasteiger partial charge in [-0.25, -0.2) is 0 Å². The van der Waals surface area contributed by atoms with Crippen LogP contribution in [0.3, 0.4) is 0 Å². The SMILES string of the molecule is CCCC1CCC(C2CCC(C3CCCC(C)(C#N)C3)CC2)CC1. The Bertz CT molecular complexity index is 420. The zero-order valence-electron chi connectivity index (χ0n) is 16.2. The first-order chi connectivity index (χ1) is 11.6. The maximum absolute atomic E-state index is 9.49. The normalized spacial score (nSPS) is 44.0. The minimum Gasteiger partial charge on any atom is -0.198 e. The van der Waals surface area contributed by atoms with Crippen LogP contribution in [0.2, 0.25) is 0 Å². The van der Waals surface area contributed by atoms with Crippen molar-refractivity contribution in [2.45, 2.75) is 104 Å². The molecule has 1 heteroatoms. The summed E-state index contributed by atoms with van der Waals surface area (Å²) in [6.45, 7) is 4.55. The van der Waals surface area contributed by atoms with Crippen molar-refractivity contribution in [3.05, 3.63) is 0 Å². The van der Waals surface area contributed by atoms with Gasteiger partial charge in [-0.1, -0.05) is 45.4 Å². The van der Waals surface area contributed by atoms with Crippen LogP contribution in [-0.2, 0) is 0 Å². The van der Waals surface area contributed by atoms with Gasteiger partial charge in [0, 0.05) is 0 Å². The van der Waals surface area contributed by atoms with E-state index in [4.69, 9.17) is 0 Å². The van der Waals surface area contributed by atoms with E-state index in [9.17, 15) is 5.26 Å². The van der Waals surface area contributed by atoms with Gasteiger partial charge in [0.1, 0.15) is 0 Å². The Morgan fingerprint density at radius 1 is 0.833 bits per heavy atom. The van der Waals surface area contributed by atoms with Crippen molar-refractivity contribution in [2.75, 3.05) is 0 Å². The molecule has 0 spiro atoms. The van der Waals surface area contributed by atoms with Crippen molar-refractivity contribution in [1.29, 1.82) is 5.26 Å². The highest BCUT2D eigenvalue weighted by atomic mass is 14.4. The monoisotopic (exact) mass is 329 g/mol. The summed E-state index contributed by atoms with van der Waals surface area (Å²) in [6.07, 6.45) is 19.8. The molecule has 136 valence electrons. The summed E-state index contributed by atoms with van der Waals surface area (Å²) in [4.78, 5) is 0. The van der Waals surface area contributed by atoms with Crippen molar-refractivity contribution >= 4 is 0 Å². The molecular weight excluding hydrogens is 290 g/mol. The zero-order chi connectivity index (χ0) is 17.0. The second-order valence-corrected chi connectivity index (χ2v) is 9.77. The van der Waals surface area contributed by atoms with E-state index in [-0.39, 0.29) is 5.41 Å². The molecule has 24 heavy (non-hydrogen) atoms. The van der Waals surface area contributed by atoms with Crippen LogP contribution in [0.1, 0.15) is 104 Å². The molecule has 0 N–H and O–H groups in total. The molecule has 0 aromatic heterocycles. The topological polar surface area (TPSA) is 23.8 Å². The van der Waals surface area contributed by atoms with Gasteiger partial charge in [-0.3, -0.25) is 0 Å². The average Bonchev–Trinajstić information content (AvgIpc) is 2.63. The van der Waals surface area contributed by atoms with Gasteiger partial charge in [0.25, 0.3) is 0 Å². The third kappa shape index (κ3) is 4.36. The van der Waals surface area contributed by atoms with Gasteiger partial charge in [-0.05, 0) is 87.9 Å². The lowest BCUT2D eigenvalue weighted by molar-refractivity contribution is 0.0901. The van der Waals surface area contributed by atoms with Crippen LogP contribution >= 0.6 is 0 Å². The Hall–Kier alpha value is -0.510. The number of rotatable bonds is 4. The van der Waals surface area contributed by atoms with Crippen molar-refractivity contribution in [3.8, 4) is 6.07 Å². The van der Waals surface area contributed by atoms with Crippen molar-refractivity contribution in [1.82, 2.24) is 0 Å². The summed E-state index contributed by atoms with van der Waals surface area (Å²) >= 11 is 0. The van der Waals surface area contributed by atoms with E-state index in [1.807, 2.05) is 0 Å². The zero-order valence-corrected chi connectivity index (χ0v) is 16.2. The molecule has 0 aliphatic heterocycles. The Morgan fingerprint density at radius 2 is 1.38 bits per heavy atom. The smallest absolute Gasteiger partial charge is 0.0686 e. The second kappa shape index (κ2) is 8.25. The molecule has 0 radical (unpaired) electrons. The van der Waals surface area contributed by atoms with E-state index in [1.165, 1.54) is 83.5 Å². The standard InChI is InChI=1S/C23H39N/c1-3-5-18-7-9-19(10-8-18)20-11-13-21(14-12-20)22-6-4-15-23(2,16-22)17-24/h18-22H,3-16H2,1-2H3. The average molecular weight is 330 g/mol. The maximum Gasteiger partial charge on any atom is 0.0686 e. The summed E-state index contributed by atoms with van der Waals surface area (Å²) in [7, 11) is 0. The van der Waals surface area contributed by atoms with Gasteiger partial charge >= 0.3 is 0 Å². The molecule has 3 aliphatic carbocycles. The van der Waals surface area contributed by atoms with Gasteiger partial charge in [0.05, 0.1) is 11.5 Å². The van der Waals surface area contributed by atoms with E-state index in [0.717, 1.165) is 36.0 Å². The molecule has 3 rings (SSSR count). The van der Waals surface area contributed by atoms with Gasteiger partial charge in [0.15, 0.2) is 0 Å². The van der Waals surface area contributed by atoms with Crippen LogP contribution in [0, 0.1) is 46.3 Å². The van der Waals surface area contributed by atoms with E-state index in [2.05, 4.69) is 19.9 Å². The lowest BCUT2D eigenvalue weighted by atomic mass is 9.62. The summed E-state index contributed by atoms with van der Waals surface area (Å²) in [5.41, 5.74) is -0.0164. The molecular formula is C23H39N. The Labute approximate surface area is 150 Å². The van der Waals surface area contributed by atoms with Crippen LogP contribution in [-0.4, -0.2) is 0 Å². The number of nitriles is 1. The fourth-order valence-corrected chi connectivity index (χ4v) is 6.49. The fraction of sp³-hybridized carbons (Fsp3) is 0.957. The highest BCUT2D eigenvalue weighted by Gasteiger charge is 2.38. The predicted molar refractivity (Wildman–Crippen MR) is 101 cm³/mol. The van der Waals surface area contributed by atoms with Crippen molar-refractivity contribution < 1.29 is 0 Å². The van der Waals surface area contributed by atoms with Gasteiger partial charge in [-0.15, -0.1) is 0 Å². The van der Waals surface area contributed by atoms with Gasteiger partial charge in [0.2, 0.25) is 0 Å². The van der Waals surface area contributed by atoms with Crippen LogP contribution in [0.25, 0.3) is 0 Å². The maximum atomic E-state index is 9.49. The molecule has 3 fully saturated rings. The second-order valence-electron chi connectivity index (χ2n) is 9.77. The van der Waals surface area contributed by atoms with Crippen LogP contribution in [0.15, 0.2) is 0 Å². The third-order valence-corrected chi connectivity index (χ3v) is 8.02. The largest absolute Gasteiger partial charge is 0.198 e. The molecule has 0 saturated heterocycles. The van der Waals surface area contributed by atoms with Gasteiger partial charge in [-0.2, -0.15) is 5.26 Å². The van der Waals surface area contributed by atoms with E-state index < -0.39 is 0 Å². The number of hydrogen-bond acceptors (Lipinski definition) is 1. The lowest BCUT2D eigenvalue weighted by Crippen LogP contribution is -2.32. The highest BCUT2D eigenvalue weighted by Crippen LogP contribution is 2.48. The highest BCUT2D eigenvalue weighted by molar-refractivity contribution is 5.00. The molecule has 0 aromatic rings. The Balaban J connectivity index is 1.44. The van der Waals surface area contributed by atoms with Crippen LogP contribution < -0.4 is 0 Å². The molecule has 0 amide bonds. The molecule has 2 unspecified atom stereocenters. The minimum absolute atomic E-state index is 0.0164. The molecule has 2 atom stereocenters. The lowest BCUT2D eigenvalue weighted by Gasteiger charge is -2.42. The van der Waals surface area contributed by atoms with Crippen molar-refractivity contribution in [3.63, 3.8) is 0 Å². The first-order valence-corrected chi connectivity index (χ1v) is 11.0. The first kappa shape index (κ1) is 18.3. The molecule has 0 heterocycles. The number of hydrogen-bond donors (Lipinski definition) is 0. The van der Waals surface area contributed by atoms with Crippen LogP contribution in [0.4, 0.5) is 0 Å². The quantitative estimate of drug-likeness (QED) is 0.538. The van der Waals surface area contributed by atoms with Crippen LogP contribution in [0.5, 0.6) is 0 Å². The summed E-state index contributed by atoms with van der Waals surface area (Å²) in [5, 5.41) is 9.49. The molecule has 0 bridgehead atoms. The first-order valence-electron chi connectivity index (χ1n) is 11.0. The predicted octanol–water partition coefficient (Wildman–Crippen LogP) is 7.12. The van der Waals surface area contributed by atoms with Crippen molar-refractivity contribution in [2.24, 2.45) is 35.0 Å². The number of nitrogens with zero attached hydrogens (tertiary/aromatic N) is 1. The minimum atomic E-state index is -0.0164. The molecule has 1 nitrogen and oxygen atoms in total. The fourth-order valence-electron chi connectivity index (χ4n) is 6.49. The summed E-state index contributed by atoms with van der Waals surface area (Å²) < 4.78 is 0. The molecule has 0 aromatic carbocycles. The summed E-state index contributed by atoms with van der Waals surface area (Å²) in [5.74, 6) is 4.92. The van der Waals surface area contributed by atoms with E-state index in [1.54, 1.807) is 0 Å². The van der Waals surface area contributed by atoms with Gasteiger partial charge < -0.3 is 0 Å². The Kier molecular flexibility index (Phi) is 6.28. The Morgan fingerprint density at radius 3 is 1.92 bits per heavy atom. The van der Waals surface area contributed by atoms with E-state index >= 15 is 0 Å². The third-order valence-electron chi connectivity index (χ3n) is 8.02. The van der Waals surface area contributed by atoms with E-state index in [0.29, 0.717) is 0 Å². The molecule has 3 aliphatic rings. The summed E-state index contributed by atoms with van der Waals surface area (Å²) in [6, 6.07) is 2.62. The molecule has 3 saturated carbocycles.